The van der Waals surface area contributed by atoms with E-state index in [2.05, 4.69) is 6.92 Å². The van der Waals surface area contributed by atoms with Crippen LogP contribution < -0.4 is 0 Å². The number of hydrogen-bond acceptors (Lipinski definition) is 7. The van der Waals surface area contributed by atoms with Crippen LogP contribution in [0.15, 0.2) is 0 Å². The van der Waals surface area contributed by atoms with Crippen molar-refractivity contribution in [1.82, 2.24) is 0 Å². The maximum atomic E-state index is 13.8. The van der Waals surface area contributed by atoms with Crippen molar-refractivity contribution >= 4 is 27.8 Å². The van der Waals surface area contributed by atoms with Crippen LogP contribution in [-0.4, -0.2) is 48.2 Å². The highest BCUT2D eigenvalue weighted by molar-refractivity contribution is 7.87. The van der Waals surface area contributed by atoms with E-state index in [9.17, 15) is 31.6 Å². The van der Waals surface area contributed by atoms with Crippen LogP contribution >= 0.6 is 0 Å². The van der Waals surface area contributed by atoms with Crippen LogP contribution in [0, 0.1) is 52.8 Å². The molecule has 6 atom stereocenters. The number of ketones is 1. The molecule has 0 aromatic heterocycles. The van der Waals surface area contributed by atoms with E-state index >= 15 is 0 Å². The van der Waals surface area contributed by atoms with Gasteiger partial charge in [0, 0.05) is 24.2 Å². The summed E-state index contributed by atoms with van der Waals surface area (Å²) in [6.45, 7) is 2.17. The maximum Gasteiger partial charge on any atom is 0.465 e. The summed E-state index contributed by atoms with van der Waals surface area (Å²) in [6, 6.07) is 0. The third-order valence-corrected chi connectivity index (χ3v) is 11.1. The van der Waals surface area contributed by atoms with Crippen molar-refractivity contribution < 1.29 is 45.6 Å². The molecule has 0 spiro atoms. The summed E-state index contributed by atoms with van der Waals surface area (Å²) >= 11 is 0. The molecule has 1 heterocycles. The average molecular weight is 503 g/mol. The lowest BCUT2D eigenvalue weighted by atomic mass is 9.44. The zero-order valence-corrected chi connectivity index (χ0v) is 19.5. The second-order valence-corrected chi connectivity index (χ2v) is 13.3. The monoisotopic (exact) mass is 502 g/mol. The first-order chi connectivity index (χ1) is 15.8. The Bertz CT molecular complexity index is 1040. The van der Waals surface area contributed by atoms with Gasteiger partial charge in [0.25, 0.3) is 0 Å². The van der Waals surface area contributed by atoms with Gasteiger partial charge in [-0.1, -0.05) is 6.92 Å². The van der Waals surface area contributed by atoms with Crippen LogP contribution in [0.4, 0.5) is 8.78 Å². The number of fused-ring (bicyclic) bond motifs is 1. The van der Waals surface area contributed by atoms with Crippen molar-refractivity contribution in [3.63, 3.8) is 0 Å². The first-order valence-corrected chi connectivity index (χ1v) is 13.5. The van der Waals surface area contributed by atoms with Crippen molar-refractivity contribution in [2.45, 2.75) is 69.3 Å². The van der Waals surface area contributed by atoms with Crippen LogP contribution in [0.25, 0.3) is 0 Å². The van der Waals surface area contributed by atoms with Gasteiger partial charge in [0.15, 0.2) is 0 Å². The van der Waals surface area contributed by atoms with Crippen LogP contribution in [0.1, 0.15) is 51.9 Å². The lowest BCUT2D eigenvalue weighted by Gasteiger charge is -2.60. The Morgan fingerprint density at radius 2 is 1.68 bits per heavy atom. The van der Waals surface area contributed by atoms with E-state index in [-0.39, 0.29) is 11.2 Å². The lowest BCUT2D eigenvalue weighted by molar-refractivity contribution is -0.178. The van der Waals surface area contributed by atoms with Gasteiger partial charge in [-0.3, -0.25) is 14.1 Å². The predicted molar refractivity (Wildman–Crippen MR) is 110 cm³/mol. The molecule has 5 unspecified atom stereocenters. The first-order valence-electron chi connectivity index (χ1n) is 12.1. The van der Waals surface area contributed by atoms with Crippen LogP contribution in [-0.2, 0) is 34.0 Å². The van der Waals surface area contributed by atoms with Crippen LogP contribution in [0.5, 0.6) is 0 Å². The van der Waals surface area contributed by atoms with Crippen LogP contribution in [0.3, 0.4) is 0 Å². The summed E-state index contributed by atoms with van der Waals surface area (Å²) in [6.07, 6.45) is 4.03. The molecule has 7 aliphatic rings. The highest BCUT2D eigenvalue weighted by Gasteiger charge is 2.71. The Balaban J connectivity index is 1.24. The molecule has 8 nitrogen and oxygen atoms in total. The smallest absolute Gasteiger partial charge is 0.458 e. The number of carbonyl (C=O) groups excluding carboxylic acids is 3. The van der Waals surface area contributed by atoms with Gasteiger partial charge in [-0.25, -0.2) is 4.79 Å². The van der Waals surface area contributed by atoms with Crippen molar-refractivity contribution in [3.05, 3.63) is 0 Å². The maximum absolute atomic E-state index is 13.8. The summed E-state index contributed by atoms with van der Waals surface area (Å²) in [5, 5.41) is -5.15. The fraction of sp³-hybridized carbons (Fsp3) is 0.870. The number of halogens is 2. The van der Waals surface area contributed by atoms with Gasteiger partial charge in [-0.15, -0.1) is 0 Å². The lowest BCUT2D eigenvalue weighted by Crippen LogP contribution is -2.53. The third-order valence-electron chi connectivity index (χ3n) is 10.3. The molecular formula is C23H28F2O8S. The molecule has 34 heavy (non-hydrogen) atoms. The van der Waals surface area contributed by atoms with Crippen LogP contribution in [0.2, 0.25) is 0 Å². The molecule has 0 radical (unpaired) electrons. The number of ether oxygens (including phenoxy) is 2. The molecular weight excluding hydrogens is 474 g/mol. The Hall–Kier alpha value is -1.62. The highest BCUT2D eigenvalue weighted by Crippen LogP contribution is 2.65. The number of rotatable bonds is 6. The van der Waals surface area contributed by atoms with Crippen molar-refractivity contribution in [3.8, 4) is 0 Å². The van der Waals surface area contributed by atoms with E-state index in [1.165, 1.54) is 6.42 Å². The quantitative estimate of drug-likeness (QED) is 0.434. The first kappa shape index (κ1) is 22.8. The number of Topliss-reactive ketones (excluding diaryl/α,β-unsaturated/α-hetero) is 1. The second-order valence-electron chi connectivity index (χ2n) is 11.8. The zero-order chi connectivity index (χ0) is 24.4. The molecule has 0 aromatic rings. The van der Waals surface area contributed by atoms with Crippen molar-refractivity contribution in [2.75, 3.05) is 0 Å². The molecule has 1 aliphatic heterocycles. The molecule has 1 saturated heterocycles. The molecule has 6 aliphatic carbocycles. The number of esters is 2. The largest absolute Gasteiger partial charge is 0.465 e. The second kappa shape index (κ2) is 6.99. The predicted octanol–water partition coefficient (Wildman–Crippen LogP) is 2.61. The topological polar surface area (TPSA) is 124 Å². The molecule has 0 aromatic carbocycles. The van der Waals surface area contributed by atoms with E-state index < -0.39 is 63.2 Å². The van der Waals surface area contributed by atoms with Gasteiger partial charge in [0.05, 0.1) is 5.92 Å². The fourth-order valence-electron chi connectivity index (χ4n) is 8.93. The van der Waals surface area contributed by atoms with Crippen molar-refractivity contribution in [2.24, 2.45) is 52.8 Å². The Morgan fingerprint density at radius 1 is 1.09 bits per heavy atom. The molecule has 1 N–H and O–H groups in total. The van der Waals surface area contributed by atoms with Gasteiger partial charge < -0.3 is 9.47 Å². The Kier molecular flexibility index (Phi) is 4.69. The zero-order valence-electron chi connectivity index (χ0n) is 18.7. The summed E-state index contributed by atoms with van der Waals surface area (Å²) in [7, 11) is -6.03. The van der Waals surface area contributed by atoms with Gasteiger partial charge in [0.1, 0.15) is 18.0 Å². The third kappa shape index (κ3) is 2.94. The molecule has 188 valence electrons. The average Bonchev–Trinajstić information content (AvgIpc) is 3.34. The summed E-state index contributed by atoms with van der Waals surface area (Å²) < 4.78 is 68.5. The summed E-state index contributed by atoms with van der Waals surface area (Å²) in [5.41, 5.74) is -0.168. The SMILES string of the molecule is CC1(CC(=O)C2C3C(=O)OC4C3C[C@@H]2C4OC(=O)C(F)(F)S(=O)(=O)O)C2CC3CC(C2)CC1C3. The minimum atomic E-state index is -6.03. The van der Waals surface area contributed by atoms with Crippen molar-refractivity contribution in [1.29, 1.82) is 0 Å². The number of carbonyl (C=O) groups is 3. The van der Waals surface area contributed by atoms with Gasteiger partial charge >= 0.3 is 27.3 Å². The van der Waals surface area contributed by atoms with Gasteiger partial charge in [0.2, 0.25) is 0 Å². The van der Waals surface area contributed by atoms with Gasteiger partial charge in [-0.2, -0.15) is 17.2 Å². The van der Waals surface area contributed by atoms with Gasteiger partial charge in [-0.05, 0) is 67.6 Å². The fourth-order valence-corrected chi connectivity index (χ4v) is 9.19. The summed E-state index contributed by atoms with van der Waals surface area (Å²) in [4.78, 5) is 38.3. The molecule has 7 fully saturated rings. The Morgan fingerprint density at radius 3 is 2.24 bits per heavy atom. The minimum absolute atomic E-state index is 0.118. The van der Waals surface area contributed by atoms with E-state index in [1.54, 1.807) is 0 Å². The standard InChI is InChI=1S/C23H28F2O8S/c1-22(11-3-9-2-10(5-11)6-12(22)4-9)8-15(26)16-13-7-14-17(16)20(27)32-18(14)19(13)33-21(28)23(24,25)34(29,30)31/h9-14,16-19H,2-8H2,1H3,(H,29,30,31)/t9?,10?,11?,12?,13-,14?,16?,17?,18?,19?,22?/m0/s1. The minimum Gasteiger partial charge on any atom is -0.458 e. The normalized spacial score (nSPS) is 48.3. The Labute approximate surface area is 195 Å². The van der Waals surface area contributed by atoms with E-state index in [0.717, 1.165) is 37.5 Å². The summed E-state index contributed by atoms with van der Waals surface area (Å²) in [5.74, 6) is -3.38. The van der Waals surface area contributed by atoms with E-state index in [1.807, 2.05) is 0 Å². The number of alkyl halides is 2. The molecule has 11 heteroatoms. The highest BCUT2D eigenvalue weighted by atomic mass is 32.2. The molecule has 6 bridgehead atoms. The molecule has 7 rings (SSSR count). The molecule has 6 saturated carbocycles. The number of hydrogen-bond donors (Lipinski definition) is 1. The van der Waals surface area contributed by atoms with E-state index in [4.69, 9.17) is 14.0 Å². The van der Waals surface area contributed by atoms with E-state index in [0.29, 0.717) is 24.7 Å². The molecule has 0 amide bonds.